The predicted molar refractivity (Wildman–Crippen MR) is 115 cm³/mol. The summed E-state index contributed by atoms with van der Waals surface area (Å²) in [4.78, 5) is 23.6. The van der Waals surface area contributed by atoms with Gasteiger partial charge in [0.1, 0.15) is 23.8 Å². The fraction of sp³-hybridized carbons (Fsp3) is 0.190. The molecule has 1 N–H and O–H groups in total. The lowest BCUT2D eigenvalue weighted by atomic mass is 10.2. The first-order valence-corrected chi connectivity index (χ1v) is 11.1. The Hall–Kier alpha value is -3.87. The lowest BCUT2D eigenvalue weighted by Crippen LogP contribution is -2.28. The number of anilines is 1. The summed E-state index contributed by atoms with van der Waals surface area (Å²) in [5.74, 6) is -0.415. The smallest absolute Gasteiger partial charge is 0.495 e. The van der Waals surface area contributed by atoms with Crippen LogP contribution >= 0.6 is 0 Å². The third kappa shape index (κ3) is 5.54. The Morgan fingerprint density at radius 3 is 2.44 bits per heavy atom. The van der Waals surface area contributed by atoms with E-state index < -0.39 is 31.7 Å². The second kappa shape index (κ2) is 9.95. The van der Waals surface area contributed by atoms with Gasteiger partial charge in [0.2, 0.25) is 0 Å². The first kappa shape index (κ1) is 24.8. The van der Waals surface area contributed by atoms with Crippen LogP contribution in [0.25, 0.3) is 0 Å². The van der Waals surface area contributed by atoms with Gasteiger partial charge in [-0.2, -0.15) is 18.3 Å². The molecule has 0 radical (unpaired) electrons. The third-order valence-corrected chi connectivity index (χ3v) is 5.93. The second-order valence-corrected chi connectivity index (χ2v) is 8.65. The predicted octanol–water partition coefficient (Wildman–Crippen LogP) is 2.88. The van der Waals surface area contributed by atoms with E-state index in [1.807, 2.05) is 6.07 Å². The maximum atomic E-state index is 12.9. The van der Waals surface area contributed by atoms with Gasteiger partial charge in [0.05, 0.1) is 24.2 Å². The quantitative estimate of drug-likeness (QED) is 0.509. The van der Waals surface area contributed by atoms with Crippen LogP contribution in [0.3, 0.4) is 0 Å². The van der Waals surface area contributed by atoms with Gasteiger partial charge in [0, 0.05) is 6.07 Å². The summed E-state index contributed by atoms with van der Waals surface area (Å²) in [6.07, 6.45) is 0. The Morgan fingerprint density at radius 2 is 1.79 bits per heavy atom. The van der Waals surface area contributed by atoms with Crippen LogP contribution < -0.4 is 20.3 Å². The number of methoxy groups -OCH3 is 1. The van der Waals surface area contributed by atoms with Gasteiger partial charge in [-0.3, -0.25) is 9.59 Å². The molecule has 0 aliphatic carbocycles. The number of para-hydroxylation sites is 1. The summed E-state index contributed by atoms with van der Waals surface area (Å²) >= 11 is 0. The van der Waals surface area contributed by atoms with Crippen molar-refractivity contribution in [1.82, 2.24) is 9.78 Å². The molecule has 1 aromatic heterocycles. The van der Waals surface area contributed by atoms with Crippen molar-refractivity contribution in [1.29, 1.82) is 0 Å². The highest BCUT2D eigenvalue weighted by molar-refractivity contribution is 7.92. The number of carbonyl (C=O) groups excluding carboxylic acids is 1. The number of ether oxygens (including phenoxy) is 2. The van der Waals surface area contributed by atoms with Crippen molar-refractivity contribution < 1.29 is 35.9 Å². The van der Waals surface area contributed by atoms with Crippen LogP contribution in [0.15, 0.2) is 70.4 Å². The lowest BCUT2D eigenvalue weighted by Gasteiger charge is -2.14. The number of amides is 1. The number of alkyl halides is 3. The maximum absolute atomic E-state index is 12.9. The zero-order valence-electron chi connectivity index (χ0n) is 17.6. The molecule has 0 atom stereocenters. The van der Waals surface area contributed by atoms with Crippen molar-refractivity contribution in [2.75, 3.05) is 19.0 Å². The Balaban J connectivity index is 1.80. The normalized spacial score (nSPS) is 11.6. The molecule has 13 heteroatoms. The molecule has 0 aliphatic rings. The van der Waals surface area contributed by atoms with Gasteiger partial charge >= 0.3 is 5.51 Å². The van der Waals surface area contributed by atoms with Crippen molar-refractivity contribution in [3.63, 3.8) is 0 Å². The molecule has 0 saturated heterocycles. The number of nitrogens with one attached hydrogen (secondary N) is 1. The van der Waals surface area contributed by atoms with Gasteiger partial charge < -0.3 is 14.8 Å². The van der Waals surface area contributed by atoms with Crippen molar-refractivity contribution >= 4 is 21.4 Å². The SMILES string of the molecule is COc1ccc(S(=O)(=O)C(F)(F)F)cc1NC(=O)c1ccc(=O)n(CCOc2ccccc2)n1. The summed E-state index contributed by atoms with van der Waals surface area (Å²) < 4.78 is 73.6. The monoisotopic (exact) mass is 497 g/mol. The van der Waals surface area contributed by atoms with Gasteiger partial charge in [-0.1, -0.05) is 18.2 Å². The number of benzene rings is 2. The number of nitrogens with zero attached hydrogens (tertiary/aromatic N) is 2. The van der Waals surface area contributed by atoms with E-state index in [2.05, 4.69) is 10.4 Å². The number of carbonyl (C=O) groups is 1. The van der Waals surface area contributed by atoms with Crippen molar-refractivity contribution in [2.24, 2.45) is 0 Å². The molecule has 0 saturated carbocycles. The van der Waals surface area contributed by atoms with Crippen LogP contribution in [0.4, 0.5) is 18.9 Å². The molecule has 0 bridgehead atoms. The van der Waals surface area contributed by atoms with E-state index in [4.69, 9.17) is 9.47 Å². The van der Waals surface area contributed by atoms with Crippen molar-refractivity contribution in [2.45, 2.75) is 16.9 Å². The van der Waals surface area contributed by atoms with E-state index in [0.29, 0.717) is 17.9 Å². The standard InChI is InChI=1S/C21H18F3N3O6S/c1-32-18-9-7-15(34(30,31)21(22,23)24)13-17(18)25-20(29)16-8-10-19(28)27(26-16)11-12-33-14-5-3-2-4-6-14/h2-10,13H,11-12H2,1H3,(H,25,29). The zero-order valence-corrected chi connectivity index (χ0v) is 18.4. The Bertz CT molecular complexity index is 1340. The van der Waals surface area contributed by atoms with Gasteiger partial charge in [-0.25, -0.2) is 13.1 Å². The van der Waals surface area contributed by atoms with Crippen molar-refractivity contribution in [3.8, 4) is 11.5 Å². The first-order valence-electron chi connectivity index (χ1n) is 9.59. The molecule has 9 nitrogen and oxygen atoms in total. The van der Waals surface area contributed by atoms with Crippen LogP contribution in [0.2, 0.25) is 0 Å². The van der Waals surface area contributed by atoms with Crippen LogP contribution in [0, 0.1) is 0 Å². The Kier molecular flexibility index (Phi) is 7.25. The molecule has 0 unspecified atom stereocenters. The molecule has 3 aromatic rings. The van der Waals surface area contributed by atoms with E-state index in [1.54, 1.807) is 24.3 Å². The molecule has 0 aliphatic heterocycles. The summed E-state index contributed by atoms with van der Waals surface area (Å²) in [5.41, 5.74) is -6.61. The summed E-state index contributed by atoms with van der Waals surface area (Å²) in [6.45, 7) is 0.0879. The molecule has 1 heterocycles. The minimum atomic E-state index is -5.65. The number of halogens is 3. The molecule has 1 amide bonds. The molecular weight excluding hydrogens is 479 g/mol. The van der Waals surface area contributed by atoms with Crippen LogP contribution in [0.5, 0.6) is 11.5 Å². The van der Waals surface area contributed by atoms with Gasteiger partial charge in [-0.05, 0) is 36.4 Å². The average Bonchev–Trinajstić information content (AvgIpc) is 2.80. The number of aromatic nitrogens is 2. The summed E-state index contributed by atoms with van der Waals surface area (Å²) in [5, 5.41) is 6.20. The number of rotatable bonds is 8. The lowest BCUT2D eigenvalue weighted by molar-refractivity contribution is -0.0436. The maximum Gasteiger partial charge on any atom is 0.501 e. The van der Waals surface area contributed by atoms with E-state index in [9.17, 15) is 31.2 Å². The van der Waals surface area contributed by atoms with E-state index in [0.717, 1.165) is 22.9 Å². The highest BCUT2D eigenvalue weighted by atomic mass is 32.2. The van der Waals surface area contributed by atoms with Crippen LogP contribution in [-0.2, 0) is 16.4 Å². The first-order chi connectivity index (χ1) is 16.0. The molecule has 0 fully saturated rings. The van der Waals surface area contributed by atoms with E-state index in [-0.39, 0.29) is 30.3 Å². The number of hydrogen-bond donors (Lipinski definition) is 1. The second-order valence-electron chi connectivity index (χ2n) is 6.71. The third-order valence-electron chi connectivity index (χ3n) is 4.45. The fourth-order valence-corrected chi connectivity index (χ4v) is 3.56. The molecule has 0 spiro atoms. The zero-order chi connectivity index (χ0) is 24.9. The fourth-order valence-electron chi connectivity index (χ4n) is 2.77. The van der Waals surface area contributed by atoms with Crippen molar-refractivity contribution in [3.05, 3.63) is 76.7 Å². The summed E-state index contributed by atoms with van der Waals surface area (Å²) in [6, 6.07) is 13.3. The average molecular weight is 497 g/mol. The highest BCUT2D eigenvalue weighted by Crippen LogP contribution is 2.34. The molecule has 34 heavy (non-hydrogen) atoms. The molecule has 2 aromatic carbocycles. The van der Waals surface area contributed by atoms with Gasteiger partial charge in [-0.15, -0.1) is 0 Å². The summed E-state index contributed by atoms with van der Waals surface area (Å²) in [7, 11) is -4.46. The minimum absolute atomic E-state index is 0.0114. The topological polar surface area (TPSA) is 117 Å². The minimum Gasteiger partial charge on any atom is -0.495 e. The Morgan fingerprint density at radius 1 is 1.09 bits per heavy atom. The molecule has 180 valence electrons. The number of sulfone groups is 1. The molecule has 3 rings (SSSR count). The van der Waals surface area contributed by atoms with Gasteiger partial charge in [0.15, 0.2) is 0 Å². The number of hydrogen-bond acceptors (Lipinski definition) is 7. The van der Waals surface area contributed by atoms with Gasteiger partial charge in [0.25, 0.3) is 21.3 Å². The Labute approximate surface area is 191 Å². The van der Waals surface area contributed by atoms with E-state index >= 15 is 0 Å². The van der Waals surface area contributed by atoms with Crippen LogP contribution in [0.1, 0.15) is 10.5 Å². The largest absolute Gasteiger partial charge is 0.501 e. The van der Waals surface area contributed by atoms with E-state index in [1.165, 1.54) is 7.11 Å². The van der Waals surface area contributed by atoms with Crippen LogP contribution in [-0.4, -0.2) is 43.3 Å². The highest BCUT2D eigenvalue weighted by Gasteiger charge is 2.47. The molecular formula is C21H18F3N3O6S.